The number of aromatic nitrogens is 3. The molecule has 7 heteroatoms. The third kappa shape index (κ3) is 3.34. The first-order valence-corrected chi connectivity index (χ1v) is 10.4. The van der Waals surface area contributed by atoms with Gasteiger partial charge in [0.15, 0.2) is 5.65 Å². The summed E-state index contributed by atoms with van der Waals surface area (Å²) in [5, 5.41) is 0. The molecule has 0 radical (unpaired) electrons. The Morgan fingerprint density at radius 3 is 2.60 bits per heavy atom. The first kappa shape index (κ1) is 18.8. The predicted molar refractivity (Wildman–Crippen MR) is 113 cm³/mol. The number of imidazole rings is 1. The first-order chi connectivity index (χ1) is 14.5. The maximum atomic E-state index is 13.0. The summed E-state index contributed by atoms with van der Waals surface area (Å²) in [4.78, 5) is 37.7. The van der Waals surface area contributed by atoms with E-state index in [4.69, 9.17) is 0 Å². The highest BCUT2D eigenvalue weighted by atomic mass is 16.2. The van der Waals surface area contributed by atoms with Crippen LogP contribution in [0.25, 0.3) is 11.2 Å². The van der Waals surface area contributed by atoms with Gasteiger partial charge in [-0.2, -0.15) is 0 Å². The minimum absolute atomic E-state index is 0.00506. The number of rotatable bonds is 3. The van der Waals surface area contributed by atoms with Crippen LogP contribution in [0.1, 0.15) is 35.2 Å². The van der Waals surface area contributed by atoms with E-state index in [-0.39, 0.29) is 17.2 Å². The first-order valence-electron chi connectivity index (χ1n) is 10.4. The molecular weight excluding hydrogens is 378 g/mol. The number of carbonyl (C=O) groups excluding carboxylic acids is 2. The van der Waals surface area contributed by atoms with E-state index < -0.39 is 0 Å². The van der Waals surface area contributed by atoms with Gasteiger partial charge in [0.1, 0.15) is 5.52 Å². The molecule has 0 bridgehead atoms. The highest BCUT2D eigenvalue weighted by molar-refractivity contribution is 5.96. The van der Waals surface area contributed by atoms with Crippen molar-refractivity contribution in [3.63, 3.8) is 0 Å². The van der Waals surface area contributed by atoms with E-state index in [9.17, 15) is 9.59 Å². The van der Waals surface area contributed by atoms with Gasteiger partial charge in [-0.1, -0.05) is 30.3 Å². The van der Waals surface area contributed by atoms with Gasteiger partial charge >= 0.3 is 0 Å². The number of amides is 2. The second kappa shape index (κ2) is 7.23. The van der Waals surface area contributed by atoms with Crippen molar-refractivity contribution < 1.29 is 9.59 Å². The monoisotopic (exact) mass is 403 g/mol. The number of nitrogens with zero attached hydrogens (tertiary/aromatic N) is 5. The van der Waals surface area contributed by atoms with E-state index in [1.54, 1.807) is 12.5 Å². The van der Waals surface area contributed by atoms with Gasteiger partial charge in [-0.05, 0) is 24.5 Å². The number of pyridine rings is 1. The summed E-state index contributed by atoms with van der Waals surface area (Å²) in [6.07, 6.45) is 5.78. The summed E-state index contributed by atoms with van der Waals surface area (Å²) in [5.74, 6) is 0.213. The Kier molecular flexibility index (Phi) is 4.53. The lowest BCUT2D eigenvalue weighted by molar-refractivity contribution is -0.126. The molecule has 2 aliphatic heterocycles. The van der Waals surface area contributed by atoms with E-state index in [0.29, 0.717) is 31.6 Å². The van der Waals surface area contributed by atoms with Crippen LogP contribution in [0.3, 0.4) is 0 Å². The van der Waals surface area contributed by atoms with Crippen LogP contribution >= 0.6 is 0 Å². The molecule has 1 spiro atoms. The Hall–Kier alpha value is -3.22. The summed E-state index contributed by atoms with van der Waals surface area (Å²) in [7, 11) is 1.87. The molecule has 0 aliphatic carbocycles. The number of hydrogen-bond acceptors (Lipinski definition) is 4. The molecule has 154 valence electrons. The summed E-state index contributed by atoms with van der Waals surface area (Å²) < 4.78 is 2.00. The van der Waals surface area contributed by atoms with Gasteiger partial charge in [0.05, 0.1) is 18.4 Å². The van der Waals surface area contributed by atoms with Crippen molar-refractivity contribution in [3.8, 4) is 0 Å². The Balaban J connectivity index is 1.30. The molecule has 0 saturated carbocycles. The molecule has 0 N–H and O–H groups in total. The largest absolute Gasteiger partial charge is 0.345 e. The molecule has 2 saturated heterocycles. The van der Waals surface area contributed by atoms with E-state index in [0.717, 1.165) is 30.6 Å². The third-order valence-electron chi connectivity index (χ3n) is 6.53. The molecule has 2 fully saturated rings. The van der Waals surface area contributed by atoms with Gasteiger partial charge in [-0.15, -0.1) is 0 Å². The van der Waals surface area contributed by atoms with Gasteiger partial charge in [-0.3, -0.25) is 9.59 Å². The third-order valence-corrected chi connectivity index (χ3v) is 6.53. The summed E-state index contributed by atoms with van der Waals surface area (Å²) >= 11 is 0. The molecule has 0 unspecified atom stereocenters. The second-order valence-electron chi connectivity index (χ2n) is 8.64. The Morgan fingerprint density at radius 2 is 1.90 bits per heavy atom. The van der Waals surface area contributed by atoms with Crippen molar-refractivity contribution in [2.45, 2.75) is 25.8 Å². The molecule has 2 aromatic heterocycles. The van der Waals surface area contributed by atoms with Crippen LogP contribution in [-0.4, -0.2) is 62.8 Å². The standard InChI is InChI=1S/C23H25N5O2/c1-26-15-23(12-20(26)29)7-9-27(10-8-23)22(30)18-11-19-21(24-13-18)28(16-25-19)14-17-5-3-2-4-6-17/h2-6,11,13,16H,7-10,12,14-15H2,1H3. The molecule has 2 amide bonds. The number of fused-ring (bicyclic) bond motifs is 1. The lowest BCUT2D eigenvalue weighted by atomic mass is 9.77. The molecule has 2 aliphatic rings. The average Bonchev–Trinajstić information content (AvgIpc) is 3.28. The highest BCUT2D eigenvalue weighted by Gasteiger charge is 2.44. The minimum Gasteiger partial charge on any atom is -0.345 e. The van der Waals surface area contributed by atoms with Crippen molar-refractivity contribution in [1.82, 2.24) is 24.3 Å². The number of hydrogen-bond donors (Lipinski definition) is 0. The lowest BCUT2D eigenvalue weighted by Gasteiger charge is -2.38. The highest BCUT2D eigenvalue weighted by Crippen LogP contribution is 2.40. The molecule has 30 heavy (non-hydrogen) atoms. The summed E-state index contributed by atoms with van der Waals surface area (Å²) in [6.45, 7) is 2.86. The zero-order valence-corrected chi connectivity index (χ0v) is 17.1. The maximum Gasteiger partial charge on any atom is 0.255 e. The van der Waals surface area contributed by atoms with E-state index in [1.807, 2.05) is 45.7 Å². The van der Waals surface area contributed by atoms with Crippen molar-refractivity contribution in [2.75, 3.05) is 26.7 Å². The molecule has 1 aromatic carbocycles. The van der Waals surface area contributed by atoms with Crippen LogP contribution < -0.4 is 0 Å². The van der Waals surface area contributed by atoms with Gasteiger partial charge in [0.25, 0.3) is 5.91 Å². The van der Waals surface area contributed by atoms with Gasteiger partial charge in [0.2, 0.25) is 5.91 Å². The summed E-state index contributed by atoms with van der Waals surface area (Å²) in [6, 6.07) is 12.0. The fraction of sp³-hybridized carbons (Fsp3) is 0.391. The zero-order valence-electron chi connectivity index (χ0n) is 17.1. The molecule has 7 nitrogen and oxygen atoms in total. The van der Waals surface area contributed by atoms with Gasteiger partial charge in [-0.25, -0.2) is 9.97 Å². The number of piperidine rings is 1. The minimum atomic E-state index is -0.00506. The van der Waals surface area contributed by atoms with Crippen LogP contribution in [0.5, 0.6) is 0 Å². The Morgan fingerprint density at radius 1 is 1.13 bits per heavy atom. The molecular formula is C23H25N5O2. The van der Waals surface area contributed by atoms with Crippen LogP contribution in [0.4, 0.5) is 0 Å². The van der Waals surface area contributed by atoms with Crippen LogP contribution in [0.2, 0.25) is 0 Å². The van der Waals surface area contributed by atoms with Crippen molar-refractivity contribution >= 4 is 23.0 Å². The predicted octanol–water partition coefficient (Wildman–Crippen LogP) is 2.56. The maximum absolute atomic E-state index is 13.0. The fourth-order valence-corrected chi connectivity index (χ4v) is 4.77. The zero-order chi connectivity index (χ0) is 20.7. The van der Waals surface area contributed by atoms with Crippen molar-refractivity contribution in [3.05, 3.63) is 60.0 Å². The fourth-order valence-electron chi connectivity index (χ4n) is 4.77. The quantitative estimate of drug-likeness (QED) is 0.674. The molecule has 4 heterocycles. The van der Waals surface area contributed by atoms with E-state index in [2.05, 4.69) is 22.1 Å². The van der Waals surface area contributed by atoms with Gasteiger partial charge < -0.3 is 14.4 Å². The Labute approximate surface area is 175 Å². The Bertz CT molecular complexity index is 1100. The second-order valence-corrected chi connectivity index (χ2v) is 8.64. The van der Waals surface area contributed by atoms with E-state index >= 15 is 0 Å². The summed E-state index contributed by atoms with van der Waals surface area (Å²) in [5.41, 5.74) is 3.30. The normalized spacial score (nSPS) is 18.5. The van der Waals surface area contributed by atoms with Gasteiger partial charge in [0, 0.05) is 44.7 Å². The molecule has 3 aromatic rings. The molecule has 0 atom stereocenters. The lowest BCUT2D eigenvalue weighted by Crippen LogP contribution is -2.44. The molecule has 5 rings (SSSR count). The topological polar surface area (TPSA) is 71.3 Å². The van der Waals surface area contributed by atoms with Crippen molar-refractivity contribution in [1.29, 1.82) is 0 Å². The average molecular weight is 403 g/mol. The number of benzene rings is 1. The number of carbonyl (C=O) groups is 2. The van der Waals surface area contributed by atoms with Crippen LogP contribution in [0.15, 0.2) is 48.9 Å². The van der Waals surface area contributed by atoms with E-state index in [1.165, 1.54) is 5.56 Å². The SMILES string of the molecule is CN1CC2(CCN(C(=O)c3cnc4c(c3)ncn4Cc3ccccc3)CC2)CC1=O. The number of likely N-dealkylation sites (tertiary alicyclic amines) is 2. The smallest absolute Gasteiger partial charge is 0.255 e. The van der Waals surface area contributed by atoms with Crippen molar-refractivity contribution in [2.24, 2.45) is 5.41 Å². The van der Waals surface area contributed by atoms with Crippen LogP contribution in [0, 0.1) is 5.41 Å². The van der Waals surface area contributed by atoms with Crippen LogP contribution in [-0.2, 0) is 11.3 Å².